The molecule has 75 heavy (non-hydrogen) atoms. The van der Waals surface area contributed by atoms with Crippen molar-refractivity contribution in [2.45, 2.75) is 419 Å². The van der Waals surface area contributed by atoms with Gasteiger partial charge in [0.15, 0.2) is 5.79 Å². The van der Waals surface area contributed by atoms with Gasteiger partial charge in [-0.25, -0.2) is 0 Å². The van der Waals surface area contributed by atoms with E-state index in [2.05, 4.69) is 48.5 Å². The van der Waals surface area contributed by atoms with Crippen molar-refractivity contribution in [2.75, 3.05) is 27.4 Å². The zero-order valence-electron chi connectivity index (χ0n) is 53.9. The van der Waals surface area contributed by atoms with Gasteiger partial charge in [-0.1, -0.05) is 363 Å². The average molecular weight is 1080 g/mol. The van der Waals surface area contributed by atoms with Crippen molar-refractivity contribution in [1.29, 1.82) is 0 Å². The maximum Gasteiger partial charge on any atom is 0.338 e. The predicted octanol–water partition coefficient (Wildman–Crippen LogP) is 25.6. The zero-order chi connectivity index (χ0) is 55.1. The van der Waals surface area contributed by atoms with Crippen LogP contribution in [0.5, 0.6) is 0 Å². The average Bonchev–Trinajstić information content (AvgIpc) is 3.42. The van der Waals surface area contributed by atoms with Crippen LogP contribution in [0, 0.1) is 5.92 Å². The van der Waals surface area contributed by atoms with E-state index in [-0.39, 0.29) is 5.79 Å². The third-order valence-corrected chi connectivity index (χ3v) is 20.7. The summed E-state index contributed by atoms with van der Waals surface area (Å²) in [5, 5.41) is 0. The van der Waals surface area contributed by atoms with E-state index in [1.807, 2.05) is 14.2 Å². The minimum absolute atomic E-state index is 0.366. The molecule has 0 spiro atoms. The van der Waals surface area contributed by atoms with E-state index in [1.165, 1.54) is 359 Å². The Balaban J connectivity index is 0. The SMILES string of the molecule is CCCCCCCCCC(CCCCCCCC)C(CCCCCCCCC)(OC)OC.CCCCCCCCCCO[Si](CCCCCCCCCC)(CCCCCCCCCC)OCCCCCCCCCC. The second kappa shape index (κ2) is 64.9. The number of hydrogen-bond donors (Lipinski definition) is 0. The van der Waals surface area contributed by atoms with E-state index in [4.69, 9.17) is 18.3 Å². The lowest BCUT2D eigenvalue weighted by Crippen LogP contribution is -2.42. The molecule has 0 aromatic heterocycles. The molecule has 0 saturated carbocycles. The lowest BCUT2D eigenvalue weighted by Gasteiger charge is -2.39. The summed E-state index contributed by atoms with van der Waals surface area (Å²) in [6.45, 7) is 18.0. The minimum atomic E-state index is -2.13. The van der Waals surface area contributed by atoms with Crippen molar-refractivity contribution in [3.63, 3.8) is 0 Å². The molecular formula is C70H146O4Si. The molecule has 5 heteroatoms. The topological polar surface area (TPSA) is 36.9 Å². The monoisotopic (exact) mass is 1080 g/mol. The van der Waals surface area contributed by atoms with Gasteiger partial charge in [-0.15, -0.1) is 0 Å². The van der Waals surface area contributed by atoms with Gasteiger partial charge in [-0.3, -0.25) is 0 Å². The fraction of sp³-hybridized carbons (Fsp3) is 1.00. The van der Waals surface area contributed by atoms with Gasteiger partial charge in [0.05, 0.1) is 0 Å². The number of unbranched alkanes of at least 4 members (excludes halogenated alkanes) is 45. The molecule has 0 aliphatic carbocycles. The van der Waals surface area contributed by atoms with Crippen LogP contribution >= 0.6 is 0 Å². The highest BCUT2D eigenvalue weighted by atomic mass is 28.4. The Morgan fingerprint density at radius 2 is 0.467 bits per heavy atom. The molecule has 0 rings (SSSR count). The fourth-order valence-electron chi connectivity index (χ4n) is 11.8. The number of hydrogen-bond acceptors (Lipinski definition) is 4. The zero-order valence-corrected chi connectivity index (χ0v) is 54.9. The summed E-state index contributed by atoms with van der Waals surface area (Å²) in [6.07, 6.45) is 75.1. The summed E-state index contributed by atoms with van der Waals surface area (Å²) in [7, 11) is 1.66. The quantitative estimate of drug-likeness (QED) is 0.0346. The van der Waals surface area contributed by atoms with Crippen LogP contribution in [0.3, 0.4) is 0 Å². The molecule has 0 aromatic carbocycles. The first-order chi connectivity index (χ1) is 36.9. The standard InChI is InChI=1S/C40H84O2Si.C30H62O2/c1-5-9-13-17-21-25-29-33-37-41-43(39-35-31-27-23-19-15-11-7-3,40-36-32-28-24-20-16-12-8-4)42-38-34-30-26-22-18-14-10-6-2;1-6-9-12-15-18-21-24-27-29(26-23-20-17-14-11-8-3)30(31-4,32-5)28-25-22-19-16-13-10-7-2/h5-40H2,1-4H3;29H,6-28H2,1-5H3. The van der Waals surface area contributed by atoms with Crippen LogP contribution in [-0.4, -0.2) is 41.8 Å². The van der Waals surface area contributed by atoms with Gasteiger partial charge in [0, 0.05) is 39.8 Å². The van der Waals surface area contributed by atoms with Gasteiger partial charge in [0.25, 0.3) is 0 Å². The highest BCUT2D eigenvalue weighted by Crippen LogP contribution is 2.37. The van der Waals surface area contributed by atoms with E-state index in [0.717, 1.165) is 19.6 Å². The molecular weight excluding hydrogens is 933 g/mol. The Bertz CT molecular complexity index is 959. The third-order valence-electron chi connectivity index (χ3n) is 17.1. The molecule has 1 unspecified atom stereocenters. The molecule has 0 radical (unpaired) electrons. The minimum Gasteiger partial charge on any atom is -0.394 e. The Morgan fingerprint density at radius 1 is 0.253 bits per heavy atom. The lowest BCUT2D eigenvalue weighted by atomic mass is 9.84. The first-order valence-corrected chi connectivity index (χ1v) is 37.6. The number of ether oxygens (including phenoxy) is 2. The second-order valence-corrected chi connectivity index (χ2v) is 27.7. The summed E-state index contributed by atoms with van der Waals surface area (Å²) < 4.78 is 26.3. The van der Waals surface area contributed by atoms with Crippen LogP contribution in [0.25, 0.3) is 0 Å². The van der Waals surface area contributed by atoms with E-state index in [0.29, 0.717) is 5.92 Å². The van der Waals surface area contributed by atoms with Crippen LogP contribution in [-0.2, 0) is 18.3 Å². The molecule has 454 valence electrons. The highest BCUT2D eigenvalue weighted by molar-refractivity contribution is 6.67. The number of rotatable bonds is 64. The van der Waals surface area contributed by atoms with Crippen molar-refractivity contribution in [1.82, 2.24) is 0 Å². The normalized spacial score (nSPS) is 12.4. The summed E-state index contributed by atoms with van der Waals surface area (Å²) in [6, 6.07) is 2.49. The van der Waals surface area contributed by atoms with Crippen molar-refractivity contribution in [2.24, 2.45) is 5.92 Å². The van der Waals surface area contributed by atoms with Crippen LogP contribution in [0.2, 0.25) is 12.1 Å². The van der Waals surface area contributed by atoms with Crippen molar-refractivity contribution < 1.29 is 18.3 Å². The molecule has 0 aliphatic rings. The van der Waals surface area contributed by atoms with Gasteiger partial charge in [0.1, 0.15) is 0 Å². The smallest absolute Gasteiger partial charge is 0.338 e. The Labute approximate surface area is 477 Å². The van der Waals surface area contributed by atoms with Gasteiger partial charge >= 0.3 is 8.56 Å². The molecule has 0 bridgehead atoms. The lowest BCUT2D eigenvalue weighted by molar-refractivity contribution is -0.247. The Kier molecular flexibility index (Phi) is 66.7. The number of methoxy groups -OCH3 is 2. The van der Waals surface area contributed by atoms with Gasteiger partial charge in [-0.05, 0) is 44.2 Å². The highest BCUT2D eigenvalue weighted by Gasteiger charge is 2.38. The van der Waals surface area contributed by atoms with Gasteiger partial charge < -0.3 is 18.3 Å². The molecule has 0 aromatic rings. The molecule has 4 nitrogen and oxygen atoms in total. The largest absolute Gasteiger partial charge is 0.394 e. The summed E-state index contributed by atoms with van der Waals surface area (Å²) in [5.41, 5.74) is 0. The molecule has 0 N–H and O–H groups in total. The van der Waals surface area contributed by atoms with Crippen LogP contribution in [0.15, 0.2) is 0 Å². The molecule has 0 saturated heterocycles. The summed E-state index contributed by atoms with van der Waals surface area (Å²) in [5.74, 6) is 0.175. The van der Waals surface area contributed by atoms with E-state index >= 15 is 0 Å². The van der Waals surface area contributed by atoms with Crippen LogP contribution < -0.4 is 0 Å². The van der Waals surface area contributed by atoms with Gasteiger partial charge in [0.2, 0.25) is 0 Å². The predicted molar refractivity (Wildman–Crippen MR) is 341 cm³/mol. The fourth-order valence-corrected chi connectivity index (χ4v) is 15.3. The molecule has 0 fully saturated rings. The molecule has 0 heterocycles. The second-order valence-electron chi connectivity index (χ2n) is 24.3. The Hall–Kier alpha value is 0.0569. The molecule has 0 aliphatic heterocycles. The first kappa shape index (κ1) is 77.1. The van der Waals surface area contributed by atoms with Crippen molar-refractivity contribution >= 4 is 8.56 Å². The maximum absolute atomic E-state index is 6.98. The van der Waals surface area contributed by atoms with Gasteiger partial charge in [-0.2, -0.15) is 0 Å². The Morgan fingerprint density at radius 3 is 0.720 bits per heavy atom. The van der Waals surface area contributed by atoms with E-state index in [1.54, 1.807) is 0 Å². The van der Waals surface area contributed by atoms with Crippen LogP contribution in [0.1, 0.15) is 402 Å². The van der Waals surface area contributed by atoms with E-state index < -0.39 is 8.56 Å². The molecule has 1 atom stereocenters. The molecule has 0 amide bonds. The third kappa shape index (κ3) is 53.1. The van der Waals surface area contributed by atoms with Crippen molar-refractivity contribution in [3.05, 3.63) is 0 Å². The van der Waals surface area contributed by atoms with E-state index in [9.17, 15) is 0 Å². The first-order valence-electron chi connectivity index (χ1n) is 35.3. The maximum atomic E-state index is 6.98. The van der Waals surface area contributed by atoms with Crippen LogP contribution in [0.4, 0.5) is 0 Å². The van der Waals surface area contributed by atoms with Crippen molar-refractivity contribution in [3.8, 4) is 0 Å². The summed E-state index contributed by atoms with van der Waals surface area (Å²) in [4.78, 5) is 0. The summed E-state index contributed by atoms with van der Waals surface area (Å²) >= 11 is 0.